The Hall–Kier alpha value is -1.83. The van der Waals surface area contributed by atoms with E-state index in [1.807, 2.05) is 24.3 Å². The second-order valence-electron chi connectivity index (χ2n) is 5.04. The highest BCUT2D eigenvalue weighted by Gasteiger charge is 2.02. The smallest absolute Gasteiger partial charge is 0.255 e. The van der Waals surface area contributed by atoms with Gasteiger partial charge >= 0.3 is 0 Å². The molecule has 1 aromatic carbocycles. The summed E-state index contributed by atoms with van der Waals surface area (Å²) >= 11 is 0. The largest absolute Gasteiger partial charge is 0.329 e. The van der Waals surface area contributed by atoms with Crippen molar-refractivity contribution in [1.82, 2.24) is 4.98 Å². The predicted octanol–water partition coefficient (Wildman–Crippen LogP) is 3.63. The minimum absolute atomic E-state index is 0.0348. The molecule has 0 saturated carbocycles. The average molecular weight is 241 g/mol. The predicted molar refractivity (Wildman–Crippen MR) is 75.7 cm³/mol. The lowest BCUT2D eigenvalue weighted by Crippen LogP contribution is -2.06. The Labute approximate surface area is 108 Å². The molecule has 0 spiro atoms. The zero-order valence-corrected chi connectivity index (χ0v) is 10.9. The third-order valence-electron chi connectivity index (χ3n) is 3.09. The molecule has 0 atom stereocenters. The summed E-state index contributed by atoms with van der Waals surface area (Å²) in [7, 11) is 0. The summed E-state index contributed by atoms with van der Waals surface area (Å²) in [5, 5.41) is 0. The van der Waals surface area contributed by atoms with Gasteiger partial charge in [0.1, 0.15) is 0 Å². The first-order valence-corrected chi connectivity index (χ1v) is 6.44. The number of benzene rings is 1. The number of hydrogen-bond acceptors (Lipinski definition) is 1. The molecule has 0 fully saturated rings. The fraction of sp³-hybridized carbons (Fsp3) is 0.312. The highest BCUT2D eigenvalue weighted by atomic mass is 16.1. The van der Waals surface area contributed by atoms with Crippen molar-refractivity contribution in [3.63, 3.8) is 0 Å². The highest BCUT2D eigenvalue weighted by molar-refractivity contribution is 5.62. The first kappa shape index (κ1) is 12.6. The van der Waals surface area contributed by atoms with Gasteiger partial charge in [0.2, 0.25) is 0 Å². The monoisotopic (exact) mass is 241 g/mol. The summed E-state index contributed by atoms with van der Waals surface area (Å²) in [6.45, 7) is 4.47. The Balaban J connectivity index is 2.18. The van der Waals surface area contributed by atoms with Crippen LogP contribution in [0.1, 0.15) is 25.8 Å². The fourth-order valence-electron chi connectivity index (χ4n) is 1.96. The van der Waals surface area contributed by atoms with Crippen LogP contribution < -0.4 is 5.56 Å². The number of nitrogens with one attached hydrogen (secondary N) is 1. The fourth-order valence-corrected chi connectivity index (χ4v) is 1.96. The molecular weight excluding hydrogens is 222 g/mol. The molecule has 0 aliphatic carbocycles. The Morgan fingerprint density at radius 2 is 1.83 bits per heavy atom. The molecule has 0 amide bonds. The zero-order chi connectivity index (χ0) is 13.0. The number of aromatic nitrogens is 1. The Morgan fingerprint density at radius 1 is 1.11 bits per heavy atom. The average Bonchev–Trinajstić information content (AvgIpc) is 2.38. The minimum Gasteiger partial charge on any atom is -0.329 e. The molecule has 2 aromatic rings. The van der Waals surface area contributed by atoms with E-state index in [-0.39, 0.29) is 5.56 Å². The second-order valence-corrected chi connectivity index (χ2v) is 5.04. The molecule has 0 bridgehead atoms. The molecular formula is C16H19NO. The van der Waals surface area contributed by atoms with E-state index in [0.29, 0.717) is 0 Å². The lowest BCUT2D eigenvalue weighted by atomic mass is 10.00. The Bertz CT molecular complexity index is 552. The van der Waals surface area contributed by atoms with E-state index < -0.39 is 0 Å². The quantitative estimate of drug-likeness (QED) is 0.871. The van der Waals surface area contributed by atoms with Crippen LogP contribution in [0.3, 0.4) is 0 Å². The first-order valence-electron chi connectivity index (χ1n) is 6.44. The van der Waals surface area contributed by atoms with E-state index in [2.05, 4.69) is 31.0 Å². The van der Waals surface area contributed by atoms with E-state index in [0.717, 1.165) is 23.5 Å². The van der Waals surface area contributed by atoms with Gasteiger partial charge in [0.15, 0.2) is 0 Å². The van der Waals surface area contributed by atoms with Crippen LogP contribution in [0.25, 0.3) is 11.1 Å². The summed E-state index contributed by atoms with van der Waals surface area (Å²) in [6.07, 6.45) is 3.96. The molecule has 1 N–H and O–H groups in total. The molecule has 18 heavy (non-hydrogen) atoms. The molecule has 1 aromatic heterocycles. The van der Waals surface area contributed by atoms with Crippen molar-refractivity contribution < 1.29 is 0 Å². The van der Waals surface area contributed by atoms with E-state index in [1.165, 1.54) is 12.0 Å². The molecule has 94 valence electrons. The van der Waals surface area contributed by atoms with Crippen LogP contribution in [-0.2, 0) is 6.42 Å². The van der Waals surface area contributed by atoms with Gasteiger partial charge < -0.3 is 4.98 Å². The third kappa shape index (κ3) is 3.10. The maximum Gasteiger partial charge on any atom is 0.255 e. The van der Waals surface area contributed by atoms with E-state index in [1.54, 1.807) is 6.20 Å². The van der Waals surface area contributed by atoms with Crippen molar-refractivity contribution in [3.05, 3.63) is 58.5 Å². The van der Waals surface area contributed by atoms with E-state index in [4.69, 9.17) is 0 Å². The van der Waals surface area contributed by atoms with Gasteiger partial charge in [-0.2, -0.15) is 0 Å². The van der Waals surface area contributed by atoms with Gasteiger partial charge in [-0.05, 0) is 42.0 Å². The number of H-pyrrole nitrogens is 1. The molecule has 2 rings (SSSR count). The van der Waals surface area contributed by atoms with Crippen LogP contribution >= 0.6 is 0 Å². The van der Waals surface area contributed by atoms with Gasteiger partial charge in [0.05, 0.1) is 0 Å². The summed E-state index contributed by atoms with van der Waals surface area (Å²) in [5.41, 5.74) is 3.00. The van der Waals surface area contributed by atoms with Crippen molar-refractivity contribution in [3.8, 4) is 11.1 Å². The molecule has 1 heterocycles. The van der Waals surface area contributed by atoms with Crippen LogP contribution in [0, 0.1) is 5.92 Å². The normalized spacial score (nSPS) is 10.8. The number of aryl methyl sites for hydroxylation is 1. The van der Waals surface area contributed by atoms with Crippen molar-refractivity contribution >= 4 is 0 Å². The van der Waals surface area contributed by atoms with Crippen molar-refractivity contribution in [1.29, 1.82) is 0 Å². The third-order valence-corrected chi connectivity index (χ3v) is 3.09. The zero-order valence-electron chi connectivity index (χ0n) is 10.9. The van der Waals surface area contributed by atoms with Gasteiger partial charge in [-0.3, -0.25) is 4.79 Å². The van der Waals surface area contributed by atoms with Crippen molar-refractivity contribution in [2.45, 2.75) is 26.7 Å². The molecule has 0 radical (unpaired) electrons. The first-order chi connectivity index (χ1) is 8.66. The molecule has 2 nitrogen and oxygen atoms in total. The topological polar surface area (TPSA) is 32.9 Å². The summed E-state index contributed by atoms with van der Waals surface area (Å²) in [4.78, 5) is 14.4. The van der Waals surface area contributed by atoms with E-state index in [9.17, 15) is 4.79 Å². The van der Waals surface area contributed by atoms with Gasteiger partial charge in [-0.1, -0.05) is 38.1 Å². The maximum atomic E-state index is 11.7. The van der Waals surface area contributed by atoms with Crippen molar-refractivity contribution in [2.24, 2.45) is 5.92 Å². The molecule has 2 heteroatoms. The van der Waals surface area contributed by atoms with Crippen molar-refractivity contribution in [2.75, 3.05) is 0 Å². The summed E-state index contributed by atoms with van der Waals surface area (Å²) < 4.78 is 0. The maximum absolute atomic E-state index is 11.7. The SMILES string of the molecule is CC(C)CCc1ccc(-c2ccc[nH]c2=O)cc1. The lowest BCUT2D eigenvalue weighted by molar-refractivity contribution is 0.587. The van der Waals surface area contributed by atoms with Crippen LogP contribution in [0.15, 0.2) is 47.4 Å². The minimum atomic E-state index is -0.0348. The highest BCUT2D eigenvalue weighted by Crippen LogP contribution is 2.17. The number of rotatable bonds is 4. The molecule has 0 unspecified atom stereocenters. The Kier molecular flexibility index (Phi) is 3.98. The van der Waals surface area contributed by atoms with Gasteiger partial charge in [-0.15, -0.1) is 0 Å². The Morgan fingerprint density at radius 3 is 2.44 bits per heavy atom. The van der Waals surface area contributed by atoms with Crippen LogP contribution in [0.2, 0.25) is 0 Å². The molecule has 0 saturated heterocycles. The van der Waals surface area contributed by atoms with Crippen LogP contribution in [-0.4, -0.2) is 4.98 Å². The molecule has 0 aliphatic rings. The van der Waals surface area contributed by atoms with E-state index >= 15 is 0 Å². The van der Waals surface area contributed by atoms with Gasteiger partial charge in [-0.25, -0.2) is 0 Å². The standard InChI is InChI=1S/C16H19NO/c1-12(2)5-6-13-7-9-14(10-8-13)15-4-3-11-17-16(15)18/h3-4,7-12H,5-6H2,1-2H3,(H,17,18). The summed E-state index contributed by atoms with van der Waals surface area (Å²) in [6, 6.07) is 12.0. The number of hydrogen-bond donors (Lipinski definition) is 1. The van der Waals surface area contributed by atoms with Gasteiger partial charge in [0, 0.05) is 11.8 Å². The van der Waals surface area contributed by atoms with Gasteiger partial charge in [0.25, 0.3) is 5.56 Å². The lowest BCUT2D eigenvalue weighted by Gasteiger charge is -2.06. The summed E-state index contributed by atoms with van der Waals surface area (Å²) in [5.74, 6) is 0.724. The number of aromatic amines is 1. The second kappa shape index (κ2) is 5.67. The van der Waals surface area contributed by atoms with Crippen LogP contribution in [0.5, 0.6) is 0 Å². The number of pyridine rings is 1. The van der Waals surface area contributed by atoms with Crippen LogP contribution in [0.4, 0.5) is 0 Å². The molecule has 0 aliphatic heterocycles.